The van der Waals surface area contributed by atoms with Crippen LogP contribution in [0.4, 0.5) is 0 Å². The zero-order valence-corrected chi connectivity index (χ0v) is 5.38. The highest BCUT2D eigenvalue weighted by Crippen LogP contribution is 2.30. The zero-order chi connectivity index (χ0) is 6.69. The highest BCUT2D eigenvalue weighted by Gasteiger charge is 2.25. The van der Waals surface area contributed by atoms with Gasteiger partial charge >= 0.3 is 0 Å². The molecule has 2 atom stereocenters. The van der Waals surface area contributed by atoms with Gasteiger partial charge in [-0.25, -0.2) is 0 Å². The second-order valence-corrected chi connectivity index (χ2v) is 2.61. The smallest absolute Gasteiger partial charge is 0.0659 e. The minimum atomic E-state index is 0.134. The Morgan fingerprint density at radius 1 is 1.56 bits per heavy atom. The van der Waals surface area contributed by atoms with Crippen molar-refractivity contribution in [1.82, 2.24) is 0 Å². The molecule has 1 N–H and O–H groups in total. The number of aliphatic hydroxyl groups excluding tert-OH is 1. The number of aliphatic hydroxyl groups is 1. The van der Waals surface area contributed by atoms with E-state index >= 15 is 0 Å². The summed E-state index contributed by atoms with van der Waals surface area (Å²) < 4.78 is 0. The molecule has 0 heterocycles. The van der Waals surface area contributed by atoms with Crippen molar-refractivity contribution < 1.29 is 5.11 Å². The summed E-state index contributed by atoms with van der Waals surface area (Å²) in [5.74, 6) is 0.407. The summed E-state index contributed by atoms with van der Waals surface area (Å²) in [5, 5.41) is 17.2. The summed E-state index contributed by atoms with van der Waals surface area (Å²) in [6, 6.07) is 2.20. The summed E-state index contributed by atoms with van der Waals surface area (Å²) in [5.41, 5.74) is 0. The highest BCUT2D eigenvalue weighted by molar-refractivity contribution is 4.91. The van der Waals surface area contributed by atoms with E-state index in [4.69, 9.17) is 10.4 Å². The SMILES string of the molecule is N#C[C@H]1CCC[C@H]1CO. The summed E-state index contributed by atoms with van der Waals surface area (Å²) in [6.07, 6.45) is 3.14. The maximum Gasteiger partial charge on any atom is 0.0659 e. The third kappa shape index (κ3) is 1.22. The number of hydrogen-bond donors (Lipinski definition) is 1. The van der Waals surface area contributed by atoms with Crippen LogP contribution in [0.1, 0.15) is 19.3 Å². The normalized spacial score (nSPS) is 34.2. The fourth-order valence-electron chi connectivity index (χ4n) is 1.43. The first kappa shape index (κ1) is 6.57. The van der Waals surface area contributed by atoms with Gasteiger partial charge in [0.2, 0.25) is 0 Å². The third-order valence-electron chi connectivity index (χ3n) is 2.06. The molecule has 0 spiro atoms. The van der Waals surface area contributed by atoms with Crippen LogP contribution in [-0.2, 0) is 0 Å². The molecule has 0 aromatic heterocycles. The van der Waals surface area contributed by atoms with Gasteiger partial charge in [-0.3, -0.25) is 0 Å². The van der Waals surface area contributed by atoms with Gasteiger partial charge in [0, 0.05) is 6.61 Å². The van der Waals surface area contributed by atoms with Gasteiger partial charge in [-0.15, -0.1) is 0 Å². The second kappa shape index (κ2) is 2.84. The average molecular weight is 125 g/mol. The molecule has 1 aliphatic rings. The summed E-state index contributed by atoms with van der Waals surface area (Å²) in [4.78, 5) is 0. The minimum absolute atomic E-state index is 0.134. The Bertz CT molecular complexity index is 127. The number of rotatable bonds is 1. The molecule has 2 nitrogen and oxygen atoms in total. The minimum Gasteiger partial charge on any atom is -0.396 e. The van der Waals surface area contributed by atoms with Crippen LogP contribution in [0.2, 0.25) is 0 Å². The monoisotopic (exact) mass is 125 g/mol. The van der Waals surface area contributed by atoms with Gasteiger partial charge in [0.05, 0.1) is 12.0 Å². The van der Waals surface area contributed by atoms with E-state index in [0.717, 1.165) is 19.3 Å². The van der Waals surface area contributed by atoms with Gasteiger partial charge in [-0.1, -0.05) is 6.42 Å². The lowest BCUT2D eigenvalue weighted by Gasteiger charge is -2.06. The maximum atomic E-state index is 8.72. The predicted molar refractivity (Wildman–Crippen MR) is 33.5 cm³/mol. The fourth-order valence-corrected chi connectivity index (χ4v) is 1.43. The van der Waals surface area contributed by atoms with E-state index in [9.17, 15) is 0 Å². The summed E-state index contributed by atoms with van der Waals surface area (Å²) in [6.45, 7) is 0.193. The van der Waals surface area contributed by atoms with E-state index in [1.807, 2.05) is 0 Å². The molecule has 0 saturated heterocycles. The molecular formula is C7H11NO. The average Bonchev–Trinajstić information content (AvgIpc) is 2.33. The highest BCUT2D eigenvalue weighted by atomic mass is 16.3. The van der Waals surface area contributed by atoms with Crippen molar-refractivity contribution in [3.05, 3.63) is 0 Å². The van der Waals surface area contributed by atoms with Crippen molar-refractivity contribution in [2.75, 3.05) is 6.61 Å². The molecule has 2 heteroatoms. The number of nitriles is 1. The molecule has 0 bridgehead atoms. The number of nitrogens with zero attached hydrogens (tertiary/aromatic N) is 1. The van der Waals surface area contributed by atoms with E-state index in [1.54, 1.807) is 0 Å². The van der Waals surface area contributed by atoms with Gasteiger partial charge in [-0.05, 0) is 18.8 Å². The molecule has 9 heavy (non-hydrogen) atoms. The first-order chi connectivity index (χ1) is 4.38. The molecule has 1 fully saturated rings. The van der Waals surface area contributed by atoms with Gasteiger partial charge in [0.15, 0.2) is 0 Å². The molecule has 0 aromatic carbocycles. The van der Waals surface area contributed by atoms with E-state index in [0.29, 0.717) is 0 Å². The van der Waals surface area contributed by atoms with Crippen molar-refractivity contribution in [3.8, 4) is 6.07 Å². The quantitative estimate of drug-likeness (QED) is 0.566. The first-order valence-electron chi connectivity index (χ1n) is 3.39. The molecule has 0 amide bonds. The van der Waals surface area contributed by atoms with Gasteiger partial charge in [-0.2, -0.15) is 5.26 Å². The molecule has 50 valence electrons. The first-order valence-corrected chi connectivity index (χ1v) is 3.39. The Balaban J connectivity index is 2.44. The van der Waals surface area contributed by atoms with Crippen LogP contribution in [0.25, 0.3) is 0 Å². The lowest BCUT2D eigenvalue weighted by Crippen LogP contribution is -2.09. The molecule has 0 unspecified atom stereocenters. The van der Waals surface area contributed by atoms with E-state index in [1.165, 1.54) is 0 Å². The van der Waals surface area contributed by atoms with Crippen LogP contribution < -0.4 is 0 Å². The van der Waals surface area contributed by atoms with E-state index in [2.05, 4.69) is 6.07 Å². The Labute approximate surface area is 55.1 Å². The van der Waals surface area contributed by atoms with Crippen LogP contribution in [-0.4, -0.2) is 11.7 Å². The Kier molecular flexibility index (Phi) is 2.07. The van der Waals surface area contributed by atoms with Crippen LogP contribution in [0.15, 0.2) is 0 Å². The predicted octanol–water partition coefficient (Wildman–Crippen LogP) is 0.919. The van der Waals surface area contributed by atoms with Crippen LogP contribution >= 0.6 is 0 Å². The van der Waals surface area contributed by atoms with Crippen molar-refractivity contribution in [2.24, 2.45) is 11.8 Å². The Morgan fingerprint density at radius 2 is 2.33 bits per heavy atom. The Morgan fingerprint density at radius 3 is 2.78 bits per heavy atom. The van der Waals surface area contributed by atoms with Crippen LogP contribution in [0, 0.1) is 23.2 Å². The van der Waals surface area contributed by atoms with Crippen LogP contribution in [0.5, 0.6) is 0 Å². The summed E-state index contributed by atoms with van der Waals surface area (Å²) in [7, 11) is 0. The van der Waals surface area contributed by atoms with Gasteiger partial charge in [0.1, 0.15) is 0 Å². The second-order valence-electron chi connectivity index (χ2n) is 2.61. The molecule has 1 aliphatic carbocycles. The van der Waals surface area contributed by atoms with Crippen molar-refractivity contribution in [2.45, 2.75) is 19.3 Å². The van der Waals surface area contributed by atoms with Gasteiger partial charge in [0.25, 0.3) is 0 Å². The van der Waals surface area contributed by atoms with Crippen molar-refractivity contribution >= 4 is 0 Å². The van der Waals surface area contributed by atoms with Crippen molar-refractivity contribution in [3.63, 3.8) is 0 Å². The summed E-state index contributed by atoms with van der Waals surface area (Å²) >= 11 is 0. The molecule has 0 aliphatic heterocycles. The van der Waals surface area contributed by atoms with Gasteiger partial charge < -0.3 is 5.11 Å². The molecule has 0 aromatic rings. The molecular weight excluding hydrogens is 114 g/mol. The maximum absolute atomic E-state index is 8.72. The molecule has 1 rings (SSSR count). The standard InChI is InChI=1S/C7H11NO/c8-4-6-2-1-3-7(6)5-9/h6-7,9H,1-3,5H2/t6-,7+/m1/s1. The third-order valence-corrected chi connectivity index (χ3v) is 2.06. The van der Waals surface area contributed by atoms with E-state index in [-0.39, 0.29) is 18.4 Å². The molecule has 1 saturated carbocycles. The fraction of sp³-hybridized carbons (Fsp3) is 0.857. The Hall–Kier alpha value is -0.550. The lowest BCUT2D eigenvalue weighted by molar-refractivity contribution is 0.212. The zero-order valence-electron chi connectivity index (χ0n) is 5.38. The van der Waals surface area contributed by atoms with Crippen molar-refractivity contribution in [1.29, 1.82) is 5.26 Å². The largest absolute Gasteiger partial charge is 0.396 e. The van der Waals surface area contributed by atoms with E-state index < -0.39 is 0 Å². The number of hydrogen-bond acceptors (Lipinski definition) is 2. The topological polar surface area (TPSA) is 44.0 Å². The lowest BCUT2D eigenvalue weighted by atomic mass is 9.99. The van der Waals surface area contributed by atoms with Crippen LogP contribution in [0.3, 0.4) is 0 Å². The molecule has 0 radical (unpaired) electrons.